The number of rotatable bonds is 16. The van der Waals surface area contributed by atoms with E-state index >= 15 is 0 Å². The van der Waals surface area contributed by atoms with Gasteiger partial charge in [-0.15, -0.1) is 0 Å². The predicted octanol–water partition coefficient (Wildman–Crippen LogP) is 9.79. The van der Waals surface area contributed by atoms with Gasteiger partial charge in [0.2, 0.25) is 5.91 Å². The van der Waals surface area contributed by atoms with Crippen LogP contribution >= 0.6 is 0 Å². The molecule has 0 radical (unpaired) electrons. The molecule has 1 heterocycles. The molecule has 312 valence electrons. The highest BCUT2D eigenvalue weighted by Crippen LogP contribution is 2.67. The van der Waals surface area contributed by atoms with Crippen molar-refractivity contribution in [3.63, 3.8) is 0 Å². The van der Waals surface area contributed by atoms with Gasteiger partial charge < -0.3 is 9.64 Å². The zero-order chi connectivity index (χ0) is 40.3. The molecule has 0 spiro atoms. The Morgan fingerprint density at radius 1 is 0.964 bits per heavy atom. The topological polar surface area (TPSA) is 93.2 Å². The van der Waals surface area contributed by atoms with E-state index in [-0.39, 0.29) is 55.6 Å². The zero-order valence-corrected chi connectivity index (χ0v) is 34.7. The lowest BCUT2D eigenvalue weighted by Crippen LogP contribution is -2.54. The van der Waals surface area contributed by atoms with E-state index < -0.39 is 30.2 Å². The molecule has 0 aromatic heterocycles. The standard InChI is InChI=1S/C44H69F3N2O6/c1-8-31-26-34(55-40(52)18-14-33(50)9-2)27-48(31)39(51)21-24-54-49(41(53)44(45,46)47)32-19-22-42(6)30(25-32)13-15-35-37-17-16-36(29(5)12-10-11-28(3)4)43(37,7)23-20-38(35)42/h13,28-29,31-32,34-38H,8-12,14-27H2,1-7H3/t29-,31-,32?,34-,35?,36-,37?,38?,42+,43-/m1/s1. The van der Waals surface area contributed by atoms with E-state index in [9.17, 15) is 32.3 Å². The molecule has 55 heavy (non-hydrogen) atoms. The number of carbonyl (C=O) groups is 4. The van der Waals surface area contributed by atoms with Gasteiger partial charge in [0.05, 0.1) is 32.0 Å². The molecule has 0 aromatic carbocycles. The SMILES string of the molecule is CCC(=O)CCC(=O)O[C@@H]1C[C@@H](CC)N(C(=O)CCON(C(=O)C(F)(F)F)C2CC[C@@]3(C)C(=CCC4C3CC[C@@]3(C)C4CC[C@@H]3[C@H](C)CCCC(C)C)C2)C1. The summed E-state index contributed by atoms with van der Waals surface area (Å²) in [6.07, 6.45) is 9.17. The number of ether oxygens (including phenoxy) is 1. The first-order valence-electron chi connectivity index (χ1n) is 21.7. The number of fused-ring (bicyclic) bond motifs is 5. The van der Waals surface area contributed by atoms with Crippen molar-refractivity contribution in [2.45, 2.75) is 182 Å². The van der Waals surface area contributed by atoms with Crippen LogP contribution in [0.25, 0.3) is 0 Å². The number of hydrogen-bond acceptors (Lipinski definition) is 6. The molecule has 10 atom stereocenters. The molecule has 3 saturated carbocycles. The Morgan fingerprint density at radius 2 is 1.71 bits per heavy atom. The average molecular weight is 779 g/mol. The summed E-state index contributed by atoms with van der Waals surface area (Å²) < 4.78 is 47.6. The zero-order valence-electron chi connectivity index (χ0n) is 34.7. The fourth-order valence-corrected chi connectivity index (χ4v) is 12.0. The van der Waals surface area contributed by atoms with Gasteiger partial charge in [0, 0.05) is 25.3 Å². The highest BCUT2D eigenvalue weighted by Gasteiger charge is 2.60. The number of allylic oxidation sites excluding steroid dienone is 1. The summed E-state index contributed by atoms with van der Waals surface area (Å²) in [5.74, 6) is 1.07. The van der Waals surface area contributed by atoms with E-state index in [0.717, 1.165) is 36.2 Å². The lowest BCUT2D eigenvalue weighted by molar-refractivity contribution is -0.243. The van der Waals surface area contributed by atoms with Gasteiger partial charge in [0.15, 0.2) is 0 Å². The highest BCUT2D eigenvalue weighted by atomic mass is 19.4. The van der Waals surface area contributed by atoms with Crippen LogP contribution in [-0.4, -0.2) is 71.0 Å². The largest absolute Gasteiger partial charge is 0.473 e. The Hall–Kier alpha value is -2.43. The fourth-order valence-electron chi connectivity index (χ4n) is 12.0. The summed E-state index contributed by atoms with van der Waals surface area (Å²) in [5.41, 5.74) is 1.39. The second kappa shape index (κ2) is 18.0. The molecular weight excluding hydrogens is 709 g/mol. The average Bonchev–Trinajstić information content (AvgIpc) is 3.71. The summed E-state index contributed by atoms with van der Waals surface area (Å²) >= 11 is 0. The molecule has 4 aliphatic carbocycles. The van der Waals surface area contributed by atoms with Crippen LogP contribution in [0.4, 0.5) is 13.2 Å². The predicted molar refractivity (Wildman–Crippen MR) is 205 cm³/mol. The van der Waals surface area contributed by atoms with Crippen molar-refractivity contribution in [2.24, 2.45) is 46.3 Å². The molecule has 5 rings (SSSR count). The van der Waals surface area contributed by atoms with Gasteiger partial charge in [-0.2, -0.15) is 13.2 Å². The summed E-state index contributed by atoms with van der Waals surface area (Å²) in [6.45, 7) is 15.4. The van der Waals surface area contributed by atoms with Gasteiger partial charge in [-0.3, -0.25) is 24.0 Å². The molecule has 5 aliphatic rings. The molecule has 0 aromatic rings. The van der Waals surface area contributed by atoms with Crippen LogP contribution in [-0.2, 0) is 28.8 Å². The number of likely N-dealkylation sites (tertiary alicyclic amines) is 1. The Labute approximate surface area is 328 Å². The second-order valence-corrected chi connectivity index (χ2v) is 18.7. The Morgan fingerprint density at radius 3 is 2.38 bits per heavy atom. The van der Waals surface area contributed by atoms with Crippen molar-refractivity contribution in [2.75, 3.05) is 13.2 Å². The van der Waals surface area contributed by atoms with E-state index in [0.29, 0.717) is 66.8 Å². The summed E-state index contributed by atoms with van der Waals surface area (Å²) in [5, 5.41) is 0.531. The number of amides is 2. The first-order valence-corrected chi connectivity index (χ1v) is 21.7. The number of alkyl halides is 3. The number of Topliss-reactive ketones (excluding diaryl/α,β-unsaturated/α-hetero) is 1. The number of carbonyl (C=O) groups excluding carboxylic acids is 4. The van der Waals surface area contributed by atoms with Crippen LogP contribution in [0, 0.1) is 46.3 Å². The molecule has 11 heteroatoms. The van der Waals surface area contributed by atoms with Crippen LogP contribution in [0.5, 0.6) is 0 Å². The van der Waals surface area contributed by atoms with Crippen molar-refractivity contribution in [1.82, 2.24) is 9.96 Å². The van der Waals surface area contributed by atoms with Crippen LogP contribution in [0.15, 0.2) is 11.6 Å². The van der Waals surface area contributed by atoms with E-state index in [4.69, 9.17) is 9.57 Å². The van der Waals surface area contributed by atoms with E-state index in [2.05, 4.69) is 40.7 Å². The summed E-state index contributed by atoms with van der Waals surface area (Å²) in [4.78, 5) is 57.4. The Balaban J connectivity index is 1.20. The molecule has 1 saturated heterocycles. The number of halogens is 3. The second-order valence-electron chi connectivity index (χ2n) is 18.7. The lowest BCUT2D eigenvalue weighted by Gasteiger charge is -2.59. The Bertz CT molecular complexity index is 1420. The molecule has 0 bridgehead atoms. The van der Waals surface area contributed by atoms with Crippen molar-refractivity contribution < 1.29 is 41.9 Å². The van der Waals surface area contributed by atoms with Gasteiger partial charge in [0.25, 0.3) is 0 Å². The van der Waals surface area contributed by atoms with Gasteiger partial charge in [0.1, 0.15) is 11.9 Å². The third-order valence-electron chi connectivity index (χ3n) is 15.1. The van der Waals surface area contributed by atoms with Gasteiger partial charge in [-0.25, -0.2) is 5.06 Å². The van der Waals surface area contributed by atoms with Gasteiger partial charge in [-0.1, -0.05) is 79.4 Å². The molecule has 8 nitrogen and oxygen atoms in total. The third-order valence-corrected chi connectivity index (χ3v) is 15.1. The lowest BCUT2D eigenvalue weighted by atomic mass is 9.47. The van der Waals surface area contributed by atoms with Crippen LogP contribution < -0.4 is 0 Å². The van der Waals surface area contributed by atoms with E-state index in [1.54, 1.807) is 11.8 Å². The van der Waals surface area contributed by atoms with Crippen LogP contribution in [0.2, 0.25) is 0 Å². The molecular formula is C44H69F3N2O6. The monoisotopic (exact) mass is 779 g/mol. The van der Waals surface area contributed by atoms with Gasteiger partial charge in [-0.05, 0) is 104 Å². The van der Waals surface area contributed by atoms with E-state index in [1.165, 1.54) is 38.5 Å². The van der Waals surface area contributed by atoms with Crippen molar-refractivity contribution in [3.05, 3.63) is 11.6 Å². The van der Waals surface area contributed by atoms with Crippen molar-refractivity contribution >= 4 is 23.6 Å². The minimum atomic E-state index is -5.11. The normalized spacial score (nSPS) is 33.7. The van der Waals surface area contributed by atoms with Gasteiger partial charge >= 0.3 is 18.1 Å². The first kappa shape index (κ1) is 43.7. The number of hydrogen-bond donors (Lipinski definition) is 0. The third kappa shape index (κ3) is 9.65. The first-order chi connectivity index (χ1) is 25.9. The summed E-state index contributed by atoms with van der Waals surface area (Å²) in [6, 6.07) is -0.963. The highest BCUT2D eigenvalue weighted by molar-refractivity contribution is 5.83. The minimum absolute atomic E-state index is 0.0121. The smallest absolute Gasteiger partial charge is 0.460 e. The maximum atomic E-state index is 14.0. The maximum Gasteiger partial charge on any atom is 0.473 e. The number of esters is 1. The van der Waals surface area contributed by atoms with Crippen LogP contribution in [0.1, 0.15) is 158 Å². The molecule has 1 aliphatic heterocycles. The van der Waals surface area contributed by atoms with Crippen molar-refractivity contribution in [1.29, 1.82) is 0 Å². The molecule has 4 fully saturated rings. The van der Waals surface area contributed by atoms with Crippen molar-refractivity contribution in [3.8, 4) is 0 Å². The fraction of sp³-hybridized carbons (Fsp3) is 0.864. The maximum absolute atomic E-state index is 14.0. The quantitative estimate of drug-likeness (QED) is 0.0881. The number of ketones is 1. The molecule has 0 N–H and O–H groups in total. The minimum Gasteiger partial charge on any atom is -0.460 e. The van der Waals surface area contributed by atoms with Crippen LogP contribution in [0.3, 0.4) is 0 Å². The summed E-state index contributed by atoms with van der Waals surface area (Å²) in [7, 11) is 0. The number of nitrogens with zero attached hydrogens (tertiary/aromatic N) is 2. The molecule has 4 unspecified atom stereocenters. The van der Waals surface area contributed by atoms with E-state index in [1.807, 2.05) is 6.92 Å². The Kier molecular flexibility index (Phi) is 14.3. The molecule has 2 amide bonds. The number of hydroxylamine groups is 2.